The molecule has 0 saturated heterocycles. The first-order valence-electron chi connectivity index (χ1n) is 4.67. The van der Waals surface area contributed by atoms with Gasteiger partial charge < -0.3 is 0 Å². The summed E-state index contributed by atoms with van der Waals surface area (Å²) in [6.45, 7) is 8.44. The monoisotopic (exact) mass is 195 g/mol. The summed E-state index contributed by atoms with van der Waals surface area (Å²) in [6.07, 6.45) is 0. The van der Waals surface area contributed by atoms with Gasteiger partial charge in [-0.25, -0.2) is 0 Å². The molecule has 0 spiro atoms. The molecule has 0 amide bonds. The predicted octanol–water partition coefficient (Wildman–Crippen LogP) is 3.50. The van der Waals surface area contributed by atoms with Gasteiger partial charge in [0.2, 0.25) is 0 Å². The van der Waals surface area contributed by atoms with E-state index in [4.69, 9.17) is 0 Å². The van der Waals surface area contributed by atoms with Gasteiger partial charge in [-0.3, -0.25) is 4.98 Å². The van der Waals surface area contributed by atoms with Crippen molar-refractivity contribution >= 4 is 12.6 Å². The molecule has 0 aromatic carbocycles. The molecule has 1 unspecified atom stereocenters. The third kappa shape index (κ3) is 2.73. The van der Waals surface area contributed by atoms with Crippen LogP contribution in [0.1, 0.15) is 48.9 Å². The van der Waals surface area contributed by atoms with Crippen molar-refractivity contribution < 1.29 is 0 Å². The Balaban J connectivity index is 3.11. The molecule has 1 rings (SSSR count). The maximum Gasteiger partial charge on any atom is 0.0435 e. The first-order valence-corrected chi connectivity index (χ1v) is 5.19. The molecule has 1 atom stereocenters. The van der Waals surface area contributed by atoms with Gasteiger partial charge in [0.05, 0.1) is 0 Å². The van der Waals surface area contributed by atoms with Crippen LogP contribution < -0.4 is 0 Å². The smallest absolute Gasteiger partial charge is 0.0435 e. The number of rotatable bonds is 2. The van der Waals surface area contributed by atoms with E-state index in [2.05, 4.69) is 50.5 Å². The van der Waals surface area contributed by atoms with Gasteiger partial charge in [0.25, 0.3) is 0 Å². The van der Waals surface area contributed by atoms with E-state index in [1.54, 1.807) is 0 Å². The van der Waals surface area contributed by atoms with Crippen molar-refractivity contribution in [3.05, 3.63) is 29.1 Å². The standard InChI is InChI=1S/C11H17NS/c1-7(2)11-6-10(9(4)13)5-8(3)12-11/h5-7,9,13H,1-4H3. The lowest BCUT2D eigenvalue weighted by molar-refractivity contribution is 0.809. The van der Waals surface area contributed by atoms with E-state index < -0.39 is 0 Å². The van der Waals surface area contributed by atoms with E-state index in [0.29, 0.717) is 11.2 Å². The van der Waals surface area contributed by atoms with Crippen molar-refractivity contribution in [3.8, 4) is 0 Å². The van der Waals surface area contributed by atoms with Crippen LogP contribution in [0.15, 0.2) is 12.1 Å². The van der Waals surface area contributed by atoms with Crippen LogP contribution in [0.5, 0.6) is 0 Å². The van der Waals surface area contributed by atoms with Crippen molar-refractivity contribution in [2.45, 2.75) is 38.9 Å². The molecule has 0 bridgehead atoms. The topological polar surface area (TPSA) is 12.9 Å². The van der Waals surface area contributed by atoms with Gasteiger partial charge in [-0.05, 0) is 37.5 Å². The summed E-state index contributed by atoms with van der Waals surface area (Å²) in [5.74, 6) is 0.491. The second-order valence-corrected chi connectivity index (χ2v) is 4.57. The third-order valence-electron chi connectivity index (χ3n) is 2.07. The molecule has 1 aromatic rings. The largest absolute Gasteiger partial charge is 0.258 e. The van der Waals surface area contributed by atoms with Crippen molar-refractivity contribution in [1.82, 2.24) is 4.98 Å². The van der Waals surface area contributed by atoms with Gasteiger partial charge in [0.15, 0.2) is 0 Å². The lowest BCUT2D eigenvalue weighted by Crippen LogP contribution is -1.98. The summed E-state index contributed by atoms with van der Waals surface area (Å²) in [6, 6.07) is 4.25. The van der Waals surface area contributed by atoms with Gasteiger partial charge in [0, 0.05) is 16.6 Å². The SMILES string of the molecule is Cc1cc(C(C)S)cc(C(C)C)n1. The normalized spacial score (nSPS) is 13.4. The Morgan fingerprint density at radius 2 is 1.85 bits per heavy atom. The number of aryl methyl sites for hydroxylation is 1. The summed E-state index contributed by atoms with van der Waals surface area (Å²) in [4.78, 5) is 4.48. The lowest BCUT2D eigenvalue weighted by atomic mass is 10.1. The van der Waals surface area contributed by atoms with E-state index in [9.17, 15) is 0 Å². The Labute approximate surface area is 86.0 Å². The average molecular weight is 195 g/mol. The third-order valence-corrected chi connectivity index (χ3v) is 2.37. The van der Waals surface area contributed by atoms with Crippen LogP contribution in [-0.4, -0.2) is 4.98 Å². The Bertz CT molecular complexity index is 266. The molecule has 1 aromatic heterocycles. The first-order chi connectivity index (χ1) is 6.00. The molecule has 72 valence electrons. The summed E-state index contributed by atoms with van der Waals surface area (Å²) in [5.41, 5.74) is 3.51. The van der Waals surface area contributed by atoms with Crippen molar-refractivity contribution in [2.75, 3.05) is 0 Å². The first kappa shape index (κ1) is 10.6. The summed E-state index contributed by atoms with van der Waals surface area (Å²) >= 11 is 4.42. The van der Waals surface area contributed by atoms with E-state index in [1.165, 1.54) is 5.56 Å². The summed E-state index contributed by atoms with van der Waals surface area (Å²) < 4.78 is 0. The van der Waals surface area contributed by atoms with Crippen molar-refractivity contribution in [1.29, 1.82) is 0 Å². The Kier molecular flexibility index (Phi) is 3.37. The zero-order chi connectivity index (χ0) is 10.0. The molecule has 13 heavy (non-hydrogen) atoms. The molecule has 0 aliphatic rings. The van der Waals surface area contributed by atoms with Crippen LogP contribution in [0.25, 0.3) is 0 Å². The fraction of sp³-hybridized carbons (Fsp3) is 0.545. The Morgan fingerprint density at radius 1 is 1.23 bits per heavy atom. The maximum absolute atomic E-state index is 4.48. The maximum atomic E-state index is 4.48. The molecule has 1 nitrogen and oxygen atoms in total. The molecule has 0 N–H and O–H groups in total. The van der Waals surface area contributed by atoms with Crippen LogP contribution >= 0.6 is 12.6 Å². The van der Waals surface area contributed by atoms with E-state index in [0.717, 1.165) is 11.4 Å². The number of nitrogens with zero attached hydrogens (tertiary/aromatic N) is 1. The number of thiol groups is 1. The number of hydrogen-bond donors (Lipinski definition) is 1. The average Bonchev–Trinajstić information content (AvgIpc) is 2.03. The van der Waals surface area contributed by atoms with Crippen molar-refractivity contribution in [3.63, 3.8) is 0 Å². The molecule has 2 heteroatoms. The highest BCUT2D eigenvalue weighted by atomic mass is 32.1. The van der Waals surface area contributed by atoms with Crippen LogP contribution in [-0.2, 0) is 0 Å². The molecule has 0 aliphatic heterocycles. The van der Waals surface area contributed by atoms with E-state index in [1.807, 2.05) is 6.92 Å². The number of hydrogen-bond acceptors (Lipinski definition) is 2. The van der Waals surface area contributed by atoms with Gasteiger partial charge in [-0.15, -0.1) is 0 Å². The fourth-order valence-corrected chi connectivity index (χ4v) is 1.41. The zero-order valence-electron chi connectivity index (χ0n) is 8.70. The summed E-state index contributed by atoms with van der Waals surface area (Å²) in [7, 11) is 0. The minimum Gasteiger partial charge on any atom is -0.258 e. The van der Waals surface area contributed by atoms with Crippen LogP contribution in [0.2, 0.25) is 0 Å². The van der Waals surface area contributed by atoms with Gasteiger partial charge in [-0.2, -0.15) is 12.6 Å². The predicted molar refractivity (Wildman–Crippen MR) is 60.5 cm³/mol. The molecule has 0 fully saturated rings. The van der Waals surface area contributed by atoms with Crippen molar-refractivity contribution in [2.24, 2.45) is 0 Å². The molecule has 0 radical (unpaired) electrons. The quantitative estimate of drug-likeness (QED) is 0.713. The van der Waals surface area contributed by atoms with Gasteiger partial charge >= 0.3 is 0 Å². The van der Waals surface area contributed by atoms with Crippen LogP contribution in [0.4, 0.5) is 0 Å². The van der Waals surface area contributed by atoms with Gasteiger partial charge in [0.1, 0.15) is 0 Å². The van der Waals surface area contributed by atoms with Crippen LogP contribution in [0, 0.1) is 6.92 Å². The zero-order valence-corrected chi connectivity index (χ0v) is 9.60. The highest BCUT2D eigenvalue weighted by molar-refractivity contribution is 7.80. The lowest BCUT2D eigenvalue weighted by Gasteiger charge is -2.10. The molecular formula is C11H17NS. The van der Waals surface area contributed by atoms with Gasteiger partial charge in [-0.1, -0.05) is 13.8 Å². The second-order valence-electron chi connectivity index (χ2n) is 3.80. The number of pyridine rings is 1. The minimum atomic E-state index is 0.291. The Hall–Kier alpha value is -0.500. The highest BCUT2D eigenvalue weighted by Crippen LogP contribution is 2.22. The second kappa shape index (κ2) is 4.14. The fourth-order valence-electron chi connectivity index (χ4n) is 1.26. The molecule has 1 heterocycles. The van der Waals surface area contributed by atoms with Crippen LogP contribution in [0.3, 0.4) is 0 Å². The van der Waals surface area contributed by atoms with E-state index >= 15 is 0 Å². The molecular weight excluding hydrogens is 178 g/mol. The number of aromatic nitrogens is 1. The summed E-state index contributed by atoms with van der Waals surface area (Å²) in [5, 5.41) is 0.291. The van der Waals surface area contributed by atoms with E-state index in [-0.39, 0.29) is 0 Å². The molecule has 0 saturated carbocycles. The Morgan fingerprint density at radius 3 is 2.31 bits per heavy atom. The minimum absolute atomic E-state index is 0.291. The highest BCUT2D eigenvalue weighted by Gasteiger charge is 2.06. The molecule has 0 aliphatic carbocycles.